The van der Waals surface area contributed by atoms with Crippen LogP contribution in [-0.4, -0.2) is 12.7 Å². The first kappa shape index (κ1) is 16.5. The molecule has 0 aliphatic heterocycles. The van der Waals surface area contributed by atoms with E-state index in [1.54, 1.807) is 11.3 Å². The van der Waals surface area contributed by atoms with Crippen molar-refractivity contribution < 1.29 is 13.2 Å². The molecule has 1 N–H and O–H groups in total. The van der Waals surface area contributed by atoms with Crippen molar-refractivity contribution in [2.45, 2.75) is 58.2 Å². The Morgan fingerprint density at radius 1 is 1.21 bits per heavy atom. The van der Waals surface area contributed by atoms with Crippen molar-refractivity contribution in [3.8, 4) is 0 Å². The zero-order valence-electron chi connectivity index (χ0n) is 11.9. The summed E-state index contributed by atoms with van der Waals surface area (Å²) in [4.78, 5) is 2.20. The zero-order valence-corrected chi connectivity index (χ0v) is 12.7. The van der Waals surface area contributed by atoms with Crippen LogP contribution >= 0.6 is 11.3 Å². The molecule has 0 saturated heterocycles. The van der Waals surface area contributed by atoms with Gasteiger partial charge >= 0.3 is 6.18 Å². The van der Waals surface area contributed by atoms with E-state index in [4.69, 9.17) is 0 Å². The highest BCUT2D eigenvalue weighted by atomic mass is 32.1. The second-order valence-electron chi connectivity index (χ2n) is 5.72. The molecule has 110 valence electrons. The van der Waals surface area contributed by atoms with Crippen LogP contribution in [-0.2, 0) is 5.41 Å². The van der Waals surface area contributed by atoms with Crippen LogP contribution in [0.1, 0.15) is 56.3 Å². The molecule has 1 atom stereocenters. The number of hydrogen-bond donors (Lipinski definition) is 1. The van der Waals surface area contributed by atoms with Crippen LogP contribution in [0.25, 0.3) is 0 Å². The molecule has 0 aliphatic rings. The number of halogens is 3. The summed E-state index contributed by atoms with van der Waals surface area (Å²) < 4.78 is 37.0. The molecule has 19 heavy (non-hydrogen) atoms. The molecule has 0 saturated carbocycles. The van der Waals surface area contributed by atoms with Crippen LogP contribution in [0.3, 0.4) is 0 Å². The molecule has 0 fully saturated rings. The summed E-state index contributed by atoms with van der Waals surface area (Å²) in [6.07, 6.45) is -4.73. The van der Waals surface area contributed by atoms with E-state index >= 15 is 0 Å². The van der Waals surface area contributed by atoms with Gasteiger partial charge in [-0.25, -0.2) is 0 Å². The second kappa shape index (κ2) is 6.27. The number of thiophene rings is 1. The fourth-order valence-electron chi connectivity index (χ4n) is 1.84. The predicted octanol–water partition coefficient (Wildman–Crippen LogP) is 5.04. The van der Waals surface area contributed by atoms with Gasteiger partial charge < -0.3 is 5.32 Å². The van der Waals surface area contributed by atoms with Gasteiger partial charge in [0.05, 0.1) is 0 Å². The van der Waals surface area contributed by atoms with Gasteiger partial charge in [-0.15, -0.1) is 11.3 Å². The summed E-state index contributed by atoms with van der Waals surface area (Å²) in [5.74, 6) is 0. The monoisotopic (exact) mass is 293 g/mol. The van der Waals surface area contributed by atoms with E-state index in [2.05, 4.69) is 26.1 Å². The number of nitrogens with one attached hydrogen (secondary N) is 1. The van der Waals surface area contributed by atoms with Gasteiger partial charge in [-0.05, 0) is 30.5 Å². The molecule has 5 heteroatoms. The highest BCUT2D eigenvalue weighted by Crippen LogP contribution is 2.35. The molecule has 1 rings (SSSR count). The van der Waals surface area contributed by atoms with Crippen LogP contribution in [0.2, 0.25) is 0 Å². The third-order valence-corrected chi connectivity index (χ3v) is 4.50. The van der Waals surface area contributed by atoms with Crippen LogP contribution in [0.5, 0.6) is 0 Å². The molecule has 0 amide bonds. The van der Waals surface area contributed by atoms with Crippen LogP contribution < -0.4 is 5.32 Å². The first-order valence-electron chi connectivity index (χ1n) is 6.54. The first-order chi connectivity index (χ1) is 8.63. The summed E-state index contributed by atoms with van der Waals surface area (Å²) in [6, 6.07) is 3.78. The fraction of sp³-hybridized carbons (Fsp3) is 0.714. The summed E-state index contributed by atoms with van der Waals surface area (Å²) in [5, 5.41) is 3.15. The Balaban J connectivity index is 2.78. The molecule has 0 aromatic carbocycles. The largest absolute Gasteiger partial charge is 0.389 e. The SMILES string of the molecule is CCNC(CCC(F)(F)F)c1ccc(C(C)(C)C)s1. The van der Waals surface area contributed by atoms with Crippen molar-refractivity contribution in [1.29, 1.82) is 0 Å². The minimum atomic E-state index is -4.09. The number of hydrogen-bond acceptors (Lipinski definition) is 2. The third-order valence-electron chi connectivity index (χ3n) is 2.88. The van der Waals surface area contributed by atoms with Gasteiger partial charge in [0.1, 0.15) is 0 Å². The van der Waals surface area contributed by atoms with E-state index in [1.807, 2.05) is 19.1 Å². The molecule has 0 aliphatic carbocycles. The summed E-state index contributed by atoms with van der Waals surface area (Å²) in [6.45, 7) is 8.92. The Hall–Kier alpha value is -0.550. The van der Waals surface area contributed by atoms with E-state index in [1.165, 1.54) is 4.88 Å². The second-order valence-corrected chi connectivity index (χ2v) is 6.83. The Bertz CT molecular complexity index is 390. The number of rotatable bonds is 5. The van der Waals surface area contributed by atoms with E-state index in [9.17, 15) is 13.2 Å². The van der Waals surface area contributed by atoms with E-state index in [0.717, 1.165) is 4.88 Å². The van der Waals surface area contributed by atoms with Crippen molar-refractivity contribution in [1.82, 2.24) is 5.32 Å². The Kier molecular flexibility index (Phi) is 5.44. The van der Waals surface area contributed by atoms with Gasteiger partial charge in [0.2, 0.25) is 0 Å². The molecular weight excluding hydrogens is 271 g/mol. The van der Waals surface area contributed by atoms with Gasteiger partial charge in [-0.1, -0.05) is 27.7 Å². The third kappa shape index (κ3) is 5.53. The lowest BCUT2D eigenvalue weighted by molar-refractivity contribution is -0.136. The van der Waals surface area contributed by atoms with E-state index in [0.29, 0.717) is 6.54 Å². The summed E-state index contributed by atoms with van der Waals surface area (Å²) in [7, 11) is 0. The van der Waals surface area contributed by atoms with Crippen LogP contribution in [0.15, 0.2) is 12.1 Å². The highest BCUT2D eigenvalue weighted by Gasteiger charge is 2.29. The van der Waals surface area contributed by atoms with Gasteiger partial charge in [0, 0.05) is 22.2 Å². The molecule has 0 radical (unpaired) electrons. The maximum Gasteiger partial charge on any atom is 0.389 e. The molecule has 0 spiro atoms. The number of alkyl halides is 3. The van der Waals surface area contributed by atoms with Gasteiger partial charge in [-0.3, -0.25) is 0 Å². The average Bonchev–Trinajstić information content (AvgIpc) is 2.71. The van der Waals surface area contributed by atoms with Crippen molar-refractivity contribution >= 4 is 11.3 Å². The van der Waals surface area contributed by atoms with Crippen molar-refractivity contribution in [3.05, 3.63) is 21.9 Å². The normalized spacial score (nSPS) is 14.7. The quantitative estimate of drug-likeness (QED) is 0.802. The van der Waals surface area contributed by atoms with Crippen molar-refractivity contribution in [2.24, 2.45) is 0 Å². The molecule has 1 aromatic heterocycles. The van der Waals surface area contributed by atoms with Crippen LogP contribution in [0, 0.1) is 0 Å². The van der Waals surface area contributed by atoms with E-state index in [-0.39, 0.29) is 17.9 Å². The molecule has 0 bridgehead atoms. The van der Waals surface area contributed by atoms with Gasteiger partial charge in [0.15, 0.2) is 0 Å². The Morgan fingerprint density at radius 3 is 2.26 bits per heavy atom. The average molecular weight is 293 g/mol. The maximum absolute atomic E-state index is 12.3. The smallest absolute Gasteiger partial charge is 0.310 e. The van der Waals surface area contributed by atoms with Crippen LogP contribution in [0.4, 0.5) is 13.2 Å². The zero-order chi connectivity index (χ0) is 14.7. The maximum atomic E-state index is 12.3. The van der Waals surface area contributed by atoms with Crippen molar-refractivity contribution in [2.75, 3.05) is 6.54 Å². The van der Waals surface area contributed by atoms with Gasteiger partial charge in [-0.2, -0.15) is 13.2 Å². The minimum absolute atomic E-state index is 0.0453. The fourth-order valence-corrected chi connectivity index (χ4v) is 3.02. The predicted molar refractivity (Wildman–Crippen MR) is 74.7 cm³/mol. The molecule has 1 aromatic rings. The lowest BCUT2D eigenvalue weighted by Gasteiger charge is -2.18. The molecule has 1 unspecified atom stereocenters. The molecule has 1 nitrogen and oxygen atoms in total. The minimum Gasteiger partial charge on any atom is -0.310 e. The van der Waals surface area contributed by atoms with Crippen molar-refractivity contribution in [3.63, 3.8) is 0 Å². The lowest BCUT2D eigenvalue weighted by atomic mass is 9.95. The first-order valence-corrected chi connectivity index (χ1v) is 7.35. The Morgan fingerprint density at radius 2 is 1.84 bits per heavy atom. The van der Waals surface area contributed by atoms with E-state index < -0.39 is 12.6 Å². The topological polar surface area (TPSA) is 12.0 Å². The molecule has 1 heterocycles. The standard InChI is InChI=1S/C14H22F3NS/c1-5-18-10(8-9-14(15,16)17)11-6-7-12(19-11)13(2,3)4/h6-7,10,18H,5,8-9H2,1-4H3. The Labute approximate surface area is 117 Å². The highest BCUT2D eigenvalue weighted by molar-refractivity contribution is 7.12. The molecular formula is C14H22F3NS. The summed E-state index contributed by atoms with van der Waals surface area (Å²) >= 11 is 1.61. The lowest BCUT2D eigenvalue weighted by Crippen LogP contribution is -2.22. The van der Waals surface area contributed by atoms with Gasteiger partial charge in [0.25, 0.3) is 0 Å². The summed E-state index contributed by atoms with van der Waals surface area (Å²) in [5.41, 5.74) is 0.0453.